The van der Waals surface area contributed by atoms with Crippen LogP contribution < -0.4 is 0 Å². The van der Waals surface area contributed by atoms with E-state index < -0.39 is 0 Å². The molecular weight excluding hydrogens is 472 g/mol. The van der Waals surface area contributed by atoms with Crippen LogP contribution >= 0.6 is 0 Å². The molecule has 0 aliphatic heterocycles. The second kappa shape index (κ2) is 6.16. The summed E-state index contributed by atoms with van der Waals surface area (Å²) in [6.07, 6.45) is 6.61. The van der Waals surface area contributed by atoms with Gasteiger partial charge < -0.3 is 0 Å². The number of hydrogen-bond donors (Lipinski definition) is 0. The molecule has 0 atom stereocenters. The van der Waals surface area contributed by atoms with Crippen LogP contribution in [0.2, 0.25) is 0 Å². The molecule has 1 aliphatic rings. The molecule has 3 aromatic rings. The molecular formula is C21H19IrN2-. The van der Waals surface area contributed by atoms with Crippen LogP contribution in [0.5, 0.6) is 0 Å². The van der Waals surface area contributed by atoms with Gasteiger partial charge in [-0.2, -0.15) is 17.2 Å². The van der Waals surface area contributed by atoms with Crippen molar-refractivity contribution in [1.29, 1.82) is 0 Å². The molecule has 2 nitrogen and oxygen atoms in total. The van der Waals surface area contributed by atoms with Gasteiger partial charge in [-0.25, -0.2) is 0 Å². The standard InChI is InChI=1S/C21H19N2.Ir/c1-4-6-15-7-9-17-18-10-8-16(23-12-5-11-22-23)14-20(18)21(2,3)19(17)13-15;/h4-5,7,9-14H,1,6H2,2-3H3;/q-1;. The third-order valence-corrected chi connectivity index (χ3v) is 4.79. The van der Waals surface area contributed by atoms with Crippen LogP contribution in [-0.4, -0.2) is 9.78 Å². The van der Waals surface area contributed by atoms with Crippen LogP contribution in [0, 0.1) is 6.07 Å². The van der Waals surface area contributed by atoms with Crippen molar-refractivity contribution in [3.63, 3.8) is 0 Å². The van der Waals surface area contributed by atoms with Crippen LogP contribution in [0.1, 0.15) is 30.5 Å². The number of nitrogens with zero attached hydrogens (tertiary/aromatic N) is 2. The fourth-order valence-corrected chi connectivity index (χ4v) is 3.55. The second-order valence-electron chi connectivity index (χ2n) is 6.59. The Morgan fingerprint density at radius 3 is 2.71 bits per heavy atom. The van der Waals surface area contributed by atoms with E-state index in [0.717, 1.165) is 12.1 Å². The van der Waals surface area contributed by atoms with Crippen molar-refractivity contribution in [2.45, 2.75) is 25.7 Å². The summed E-state index contributed by atoms with van der Waals surface area (Å²) in [5.41, 5.74) is 7.62. The molecule has 0 saturated carbocycles. The topological polar surface area (TPSA) is 17.8 Å². The zero-order valence-electron chi connectivity index (χ0n) is 13.8. The number of allylic oxidation sites excluding steroid dienone is 1. The van der Waals surface area contributed by atoms with Gasteiger partial charge in [-0.1, -0.05) is 43.7 Å². The van der Waals surface area contributed by atoms with E-state index in [0.29, 0.717) is 0 Å². The van der Waals surface area contributed by atoms with Gasteiger partial charge in [0.25, 0.3) is 0 Å². The van der Waals surface area contributed by atoms with Gasteiger partial charge in [-0.05, 0) is 34.7 Å². The van der Waals surface area contributed by atoms with Crippen molar-refractivity contribution in [3.8, 4) is 16.8 Å². The number of benzene rings is 2. The average Bonchev–Trinajstić information content (AvgIpc) is 3.15. The van der Waals surface area contributed by atoms with Gasteiger partial charge in [0.1, 0.15) is 0 Å². The second-order valence-corrected chi connectivity index (χ2v) is 6.59. The Hall–Kier alpha value is -1.96. The first kappa shape index (κ1) is 16.9. The number of rotatable bonds is 3. The van der Waals surface area contributed by atoms with Gasteiger partial charge in [-0.15, -0.1) is 23.8 Å². The van der Waals surface area contributed by atoms with Gasteiger partial charge in [-0.3, -0.25) is 4.68 Å². The molecule has 0 bridgehead atoms. The van der Waals surface area contributed by atoms with Gasteiger partial charge >= 0.3 is 0 Å². The summed E-state index contributed by atoms with van der Waals surface area (Å²) in [6, 6.07) is 16.4. The molecule has 0 N–H and O–H groups in total. The minimum absolute atomic E-state index is 0. The third kappa shape index (κ3) is 2.49. The van der Waals surface area contributed by atoms with E-state index in [1.54, 1.807) is 6.20 Å². The van der Waals surface area contributed by atoms with Crippen LogP contribution in [0.15, 0.2) is 61.4 Å². The SMILES string of the molecule is C=CCc1ccc2c(c1)C(C)(C)c1cc(-n3cccn3)[c-]cc1-2.[Ir]. The monoisotopic (exact) mass is 492 g/mol. The molecule has 0 fully saturated rings. The number of hydrogen-bond acceptors (Lipinski definition) is 1. The predicted molar refractivity (Wildman–Crippen MR) is 93.9 cm³/mol. The van der Waals surface area contributed by atoms with E-state index in [9.17, 15) is 0 Å². The van der Waals surface area contributed by atoms with Gasteiger partial charge in [0, 0.05) is 32.5 Å². The van der Waals surface area contributed by atoms with Crippen molar-refractivity contribution in [1.82, 2.24) is 9.78 Å². The fourth-order valence-electron chi connectivity index (χ4n) is 3.55. The Labute approximate surface area is 156 Å². The van der Waals surface area contributed by atoms with Crippen LogP contribution in [-0.2, 0) is 31.9 Å². The minimum Gasteiger partial charge on any atom is -0.266 e. The normalized spacial score (nSPS) is 13.8. The van der Waals surface area contributed by atoms with E-state index in [-0.39, 0.29) is 25.5 Å². The van der Waals surface area contributed by atoms with Crippen LogP contribution in [0.25, 0.3) is 16.8 Å². The molecule has 0 unspecified atom stereocenters. The van der Waals surface area contributed by atoms with Crippen molar-refractivity contribution >= 4 is 0 Å². The van der Waals surface area contributed by atoms with Crippen molar-refractivity contribution in [3.05, 3.63) is 84.2 Å². The van der Waals surface area contributed by atoms with E-state index in [1.807, 2.05) is 23.0 Å². The van der Waals surface area contributed by atoms with E-state index in [1.165, 1.54) is 27.8 Å². The quantitative estimate of drug-likeness (QED) is 0.384. The molecule has 4 rings (SSSR count). The Morgan fingerprint density at radius 1 is 1.21 bits per heavy atom. The third-order valence-electron chi connectivity index (χ3n) is 4.79. The van der Waals surface area contributed by atoms with Crippen LogP contribution in [0.4, 0.5) is 0 Å². The summed E-state index contributed by atoms with van der Waals surface area (Å²) in [5.74, 6) is 0. The predicted octanol–water partition coefficient (Wildman–Crippen LogP) is 4.70. The van der Waals surface area contributed by atoms with Crippen molar-refractivity contribution in [2.75, 3.05) is 0 Å². The van der Waals surface area contributed by atoms with Gasteiger partial charge in [0.2, 0.25) is 0 Å². The molecule has 3 heteroatoms. The van der Waals surface area contributed by atoms with Crippen molar-refractivity contribution in [2.24, 2.45) is 0 Å². The summed E-state index contributed by atoms with van der Waals surface area (Å²) in [4.78, 5) is 0. The maximum Gasteiger partial charge on any atom is 0.0493 e. The molecule has 123 valence electrons. The first-order valence-electron chi connectivity index (χ1n) is 7.92. The molecule has 0 amide bonds. The maximum absolute atomic E-state index is 4.32. The molecule has 2 aromatic carbocycles. The zero-order valence-corrected chi connectivity index (χ0v) is 16.2. The largest absolute Gasteiger partial charge is 0.266 e. The summed E-state index contributed by atoms with van der Waals surface area (Å²) < 4.78 is 1.86. The summed E-state index contributed by atoms with van der Waals surface area (Å²) in [6.45, 7) is 8.44. The molecule has 1 heterocycles. The summed E-state index contributed by atoms with van der Waals surface area (Å²) in [5, 5.41) is 4.32. The van der Waals surface area contributed by atoms with Gasteiger partial charge in [0.15, 0.2) is 0 Å². The van der Waals surface area contributed by atoms with Crippen LogP contribution in [0.3, 0.4) is 0 Å². The molecule has 1 radical (unpaired) electrons. The summed E-state index contributed by atoms with van der Waals surface area (Å²) >= 11 is 0. The first-order valence-corrected chi connectivity index (χ1v) is 7.92. The van der Waals surface area contributed by atoms with Gasteiger partial charge in [0.05, 0.1) is 0 Å². The number of aromatic nitrogens is 2. The van der Waals surface area contributed by atoms with E-state index in [4.69, 9.17) is 0 Å². The van der Waals surface area contributed by atoms with E-state index in [2.05, 4.69) is 61.9 Å². The fraction of sp³-hybridized carbons (Fsp3) is 0.190. The number of fused-ring (bicyclic) bond motifs is 3. The molecule has 1 aliphatic carbocycles. The Bertz CT molecular complexity index is 892. The Morgan fingerprint density at radius 2 is 2.00 bits per heavy atom. The Kier molecular flexibility index (Phi) is 4.33. The van der Waals surface area contributed by atoms with E-state index >= 15 is 0 Å². The Balaban J connectivity index is 0.00000169. The smallest absolute Gasteiger partial charge is 0.0493 e. The maximum atomic E-state index is 4.32. The molecule has 0 spiro atoms. The minimum atomic E-state index is -0.0150. The average molecular weight is 492 g/mol. The molecule has 0 saturated heterocycles. The molecule has 24 heavy (non-hydrogen) atoms. The van der Waals surface area contributed by atoms with Crippen molar-refractivity contribution < 1.29 is 20.1 Å². The molecule has 1 aromatic heterocycles. The first-order chi connectivity index (χ1) is 11.1. The summed E-state index contributed by atoms with van der Waals surface area (Å²) in [7, 11) is 0. The zero-order chi connectivity index (χ0) is 16.0.